The van der Waals surface area contributed by atoms with Gasteiger partial charge in [-0.2, -0.15) is 0 Å². The van der Waals surface area contributed by atoms with Crippen LogP contribution < -0.4 is 10.5 Å². The fourth-order valence-corrected chi connectivity index (χ4v) is 1.41. The summed E-state index contributed by atoms with van der Waals surface area (Å²) < 4.78 is 39.4. The Hall–Kier alpha value is -0.770. The molecule has 0 aliphatic heterocycles. The third-order valence-corrected chi connectivity index (χ3v) is 2.21. The molecule has 0 fully saturated rings. The lowest BCUT2D eigenvalue weighted by Crippen LogP contribution is -2.18. The maximum atomic E-state index is 11.9. The van der Waals surface area contributed by atoms with Gasteiger partial charge in [-0.1, -0.05) is 0 Å². The molecule has 0 amide bonds. The Labute approximate surface area is 96.4 Å². The Balaban J connectivity index is 3.11. The summed E-state index contributed by atoms with van der Waals surface area (Å²) in [6, 6.07) is 1.37. The maximum absolute atomic E-state index is 11.9. The van der Waals surface area contributed by atoms with E-state index in [0.29, 0.717) is 0 Å². The molecule has 3 N–H and O–H groups in total. The van der Waals surface area contributed by atoms with Gasteiger partial charge in [0.15, 0.2) is 5.75 Å². The number of hydrogen-bond acceptors (Lipinski definition) is 4. The van der Waals surface area contributed by atoms with E-state index in [9.17, 15) is 18.3 Å². The minimum Gasteiger partial charge on any atom is -0.502 e. The van der Waals surface area contributed by atoms with E-state index in [4.69, 9.17) is 5.73 Å². The number of nitrogens with zero attached hydrogens (tertiary/aromatic N) is 1. The number of aromatic nitrogens is 1. The predicted octanol–water partition coefficient (Wildman–Crippen LogP) is 1.75. The average Bonchev–Trinajstić information content (AvgIpc) is 2.10. The molecular formula is C7H6F3IN2O2. The zero-order valence-corrected chi connectivity index (χ0v) is 9.33. The monoisotopic (exact) mass is 334 g/mol. The van der Waals surface area contributed by atoms with Crippen molar-refractivity contribution in [2.24, 2.45) is 5.73 Å². The second-order valence-corrected chi connectivity index (χ2v) is 3.66. The van der Waals surface area contributed by atoms with Gasteiger partial charge in [-0.15, -0.1) is 13.2 Å². The highest BCUT2D eigenvalue weighted by Gasteiger charge is 2.33. The highest BCUT2D eigenvalue weighted by Crippen LogP contribution is 2.33. The molecule has 1 heterocycles. The largest absolute Gasteiger partial charge is 0.574 e. The van der Waals surface area contributed by atoms with Crippen LogP contribution in [0.25, 0.3) is 0 Å². The zero-order chi connectivity index (χ0) is 11.6. The number of halogens is 4. The second-order valence-electron chi connectivity index (χ2n) is 2.50. The topological polar surface area (TPSA) is 68.4 Å². The summed E-state index contributed by atoms with van der Waals surface area (Å²) in [5.74, 6) is -1.53. The van der Waals surface area contributed by atoms with E-state index < -0.39 is 18.0 Å². The van der Waals surface area contributed by atoms with Crippen molar-refractivity contribution in [3.05, 3.63) is 15.3 Å². The Bertz CT molecular complexity index is 370. The van der Waals surface area contributed by atoms with Crippen LogP contribution in [-0.2, 0) is 6.54 Å². The molecule has 1 aromatic heterocycles. The van der Waals surface area contributed by atoms with Crippen LogP contribution in [-0.4, -0.2) is 16.5 Å². The molecule has 0 aromatic carbocycles. The highest BCUT2D eigenvalue weighted by atomic mass is 127. The van der Waals surface area contributed by atoms with Gasteiger partial charge in [0.1, 0.15) is 0 Å². The van der Waals surface area contributed by atoms with Crippen molar-refractivity contribution in [1.29, 1.82) is 0 Å². The van der Waals surface area contributed by atoms with Gasteiger partial charge in [-0.05, 0) is 28.7 Å². The van der Waals surface area contributed by atoms with Crippen LogP contribution in [0.2, 0.25) is 0 Å². The maximum Gasteiger partial charge on any atom is 0.574 e. The van der Waals surface area contributed by atoms with Gasteiger partial charge < -0.3 is 15.6 Å². The van der Waals surface area contributed by atoms with Crippen LogP contribution >= 0.6 is 22.6 Å². The van der Waals surface area contributed by atoms with Crippen molar-refractivity contribution < 1.29 is 23.0 Å². The van der Waals surface area contributed by atoms with E-state index in [1.54, 1.807) is 22.6 Å². The minimum absolute atomic E-state index is 0.0372. The Morgan fingerprint density at radius 3 is 2.60 bits per heavy atom. The molecule has 0 saturated heterocycles. The molecule has 0 aliphatic rings. The van der Waals surface area contributed by atoms with E-state index in [2.05, 4.69) is 9.72 Å². The van der Waals surface area contributed by atoms with Gasteiger partial charge in [0.2, 0.25) is 0 Å². The molecule has 1 rings (SSSR count). The van der Waals surface area contributed by atoms with E-state index in [0.717, 1.165) is 0 Å². The highest BCUT2D eigenvalue weighted by molar-refractivity contribution is 14.1. The van der Waals surface area contributed by atoms with Crippen molar-refractivity contribution in [1.82, 2.24) is 4.98 Å². The predicted molar refractivity (Wildman–Crippen MR) is 53.2 cm³/mol. The Morgan fingerprint density at radius 2 is 2.13 bits per heavy atom. The third kappa shape index (κ3) is 3.38. The van der Waals surface area contributed by atoms with Gasteiger partial charge in [-0.25, -0.2) is 4.98 Å². The number of pyridine rings is 1. The van der Waals surface area contributed by atoms with E-state index in [-0.39, 0.29) is 15.8 Å². The van der Waals surface area contributed by atoms with Crippen molar-refractivity contribution in [3.8, 4) is 11.6 Å². The molecule has 1 aromatic rings. The third-order valence-electron chi connectivity index (χ3n) is 1.39. The molecule has 0 aliphatic carbocycles. The summed E-state index contributed by atoms with van der Waals surface area (Å²) >= 11 is 1.66. The van der Waals surface area contributed by atoms with Crippen molar-refractivity contribution >= 4 is 22.6 Å². The van der Waals surface area contributed by atoms with Gasteiger partial charge in [-0.3, -0.25) is 0 Å². The SMILES string of the molecule is NCc1cc(I)c(O)c(OC(F)(F)F)n1. The number of aromatic hydroxyl groups is 1. The second kappa shape index (κ2) is 4.39. The molecule has 84 valence electrons. The van der Waals surface area contributed by atoms with Crippen LogP contribution in [0.4, 0.5) is 13.2 Å². The van der Waals surface area contributed by atoms with Crippen molar-refractivity contribution in [3.63, 3.8) is 0 Å². The van der Waals surface area contributed by atoms with Crippen molar-refractivity contribution in [2.75, 3.05) is 0 Å². The molecule has 4 nitrogen and oxygen atoms in total. The first-order valence-corrected chi connectivity index (χ1v) is 4.75. The quantitative estimate of drug-likeness (QED) is 0.809. The van der Waals surface area contributed by atoms with Crippen LogP contribution in [0.5, 0.6) is 11.6 Å². The summed E-state index contributed by atoms with van der Waals surface area (Å²) in [6.45, 7) is -0.0372. The molecule has 0 atom stereocenters. The van der Waals surface area contributed by atoms with Gasteiger partial charge in [0.05, 0.1) is 9.26 Å². The lowest BCUT2D eigenvalue weighted by atomic mass is 10.3. The fourth-order valence-electron chi connectivity index (χ4n) is 0.818. The Kier molecular flexibility index (Phi) is 3.60. The van der Waals surface area contributed by atoms with Gasteiger partial charge in [0, 0.05) is 6.54 Å². The summed E-state index contributed by atoms with van der Waals surface area (Å²) in [4.78, 5) is 3.41. The molecule has 0 radical (unpaired) electrons. The molecule has 0 unspecified atom stereocenters. The van der Waals surface area contributed by atoms with E-state index in [1.165, 1.54) is 6.07 Å². The van der Waals surface area contributed by atoms with E-state index in [1.807, 2.05) is 0 Å². The molecule has 0 spiro atoms. The number of alkyl halides is 3. The summed E-state index contributed by atoms with van der Waals surface area (Å²) in [6.07, 6.45) is -4.89. The molecule has 0 bridgehead atoms. The summed E-state index contributed by atoms with van der Waals surface area (Å²) in [5.41, 5.74) is 5.42. The van der Waals surface area contributed by atoms with Crippen LogP contribution in [0, 0.1) is 3.57 Å². The standard InChI is InChI=1S/C7H6F3IN2O2/c8-7(9,10)15-6-5(14)4(11)1-3(2-12)13-6/h1,14H,2,12H2. The molecule has 8 heteroatoms. The number of hydrogen-bond donors (Lipinski definition) is 2. The fraction of sp³-hybridized carbons (Fsp3) is 0.286. The van der Waals surface area contributed by atoms with Crippen LogP contribution in [0.15, 0.2) is 6.07 Å². The first-order valence-electron chi connectivity index (χ1n) is 3.67. The Morgan fingerprint density at radius 1 is 1.53 bits per heavy atom. The number of rotatable bonds is 2. The molecule has 15 heavy (non-hydrogen) atoms. The average molecular weight is 334 g/mol. The van der Waals surface area contributed by atoms with Crippen molar-refractivity contribution in [2.45, 2.75) is 12.9 Å². The van der Waals surface area contributed by atoms with E-state index >= 15 is 0 Å². The lowest BCUT2D eigenvalue weighted by Gasteiger charge is -2.11. The molecular weight excluding hydrogens is 328 g/mol. The van der Waals surface area contributed by atoms with Gasteiger partial charge in [0.25, 0.3) is 5.88 Å². The minimum atomic E-state index is -4.89. The lowest BCUT2D eigenvalue weighted by molar-refractivity contribution is -0.276. The smallest absolute Gasteiger partial charge is 0.502 e. The number of ether oxygens (including phenoxy) is 1. The molecule has 0 saturated carbocycles. The zero-order valence-electron chi connectivity index (χ0n) is 7.18. The number of nitrogens with two attached hydrogens (primary N) is 1. The normalized spacial score (nSPS) is 11.5. The summed E-state index contributed by atoms with van der Waals surface area (Å²) in [5, 5.41) is 9.25. The van der Waals surface area contributed by atoms with Crippen LogP contribution in [0.1, 0.15) is 5.69 Å². The first-order chi connectivity index (χ1) is 6.83. The van der Waals surface area contributed by atoms with Gasteiger partial charge >= 0.3 is 6.36 Å². The van der Waals surface area contributed by atoms with Crippen LogP contribution in [0.3, 0.4) is 0 Å². The first kappa shape index (κ1) is 12.3. The summed E-state index contributed by atoms with van der Waals surface area (Å²) in [7, 11) is 0.